The molecule has 1 aliphatic carbocycles. The van der Waals surface area contributed by atoms with Gasteiger partial charge in [0.05, 0.1) is 6.21 Å². The Morgan fingerprint density at radius 1 is 1.33 bits per heavy atom. The molecular formula is C17H16N6O3S. The maximum atomic E-state index is 10.7. The summed E-state index contributed by atoms with van der Waals surface area (Å²) in [6.45, 7) is -0.430. The average Bonchev–Trinajstić information content (AvgIpc) is 3.35. The summed E-state index contributed by atoms with van der Waals surface area (Å²) in [4.78, 5) is 10.7. The minimum Gasteiger partial charge on any atom is -0.481 e. The van der Waals surface area contributed by atoms with Crippen molar-refractivity contribution < 1.29 is 14.6 Å². The summed E-state index contributed by atoms with van der Waals surface area (Å²) >= 11 is 5.29. The van der Waals surface area contributed by atoms with Gasteiger partial charge in [0, 0.05) is 16.8 Å². The number of aliphatic carboxylic acids is 1. The summed E-state index contributed by atoms with van der Waals surface area (Å²) in [5.41, 5.74) is 3.63. The van der Waals surface area contributed by atoms with Crippen LogP contribution in [0.25, 0.3) is 11.5 Å². The van der Waals surface area contributed by atoms with Gasteiger partial charge in [-0.05, 0) is 43.6 Å². The third kappa shape index (κ3) is 3.38. The zero-order chi connectivity index (χ0) is 18.8. The molecule has 4 rings (SSSR count). The Kier molecular flexibility index (Phi) is 4.55. The van der Waals surface area contributed by atoms with Crippen LogP contribution in [0, 0.1) is 4.77 Å². The quantitative estimate of drug-likeness (QED) is 0.442. The molecule has 0 saturated carbocycles. The molecule has 0 fully saturated rings. The average molecular weight is 384 g/mol. The molecule has 0 radical (unpaired) electrons. The molecule has 0 aliphatic heterocycles. The van der Waals surface area contributed by atoms with Gasteiger partial charge >= 0.3 is 5.97 Å². The SMILES string of the molecule is O=C(O)COc1ccccc1C=Nn1c(-c2n[nH]c3c2CCC3)n[nH]c1=S. The Morgan fingerprint density at radius 3 is 3.04 bits per heavy atom. The highest BCUT2D eigenvalue weighted by atomic mass is 32.1. The summed E-state index contributed by atoms with van der Waals surface area (Å²) in [6, 6.07) is 7.03. The van der Waals surface area contributed by atoms with E-state index in [1.165, 1.54) is 4.68 Å². The number of nitrogens with zero attached hydrogens (tertiary/aromatic N) is 4. The Hall–Kier alpha value is -3.27. The monoisotopic (exact) mass is 384 g/mol. The number of carbonyl (C=O) groups is 1. The first kappa shape index (κ1) is 17.2. The number of aromatic amines is 2. The van der Waals surface area contributed by atoms with Crippen molar-refractivity contribution in [1.29, 1.82) is 0 Å². The lowest BCUT2D eigenvalue weighted by Gasteiger charge is -2.06. The van der Waals surface area contributed by atoms with Crippen LogP contribution in [-0.2, 0) is 17.6 Å². The van der Waals surface area contributed by atoms with Crippen molar-refractivity contribution in [1.82, 2.24) is 25.1 Å². The topological polar surface area (TPSA) is 121 Å². The lowest BCUT2D eigenvalue weighted by Crippen LogP contribution is -2.10. The van der Waals surface area contributed by atoms with E-state index in [1.807, 2.05) is 6.07 Å². The van der Waals surface area contributed by atoms with E-state index in [9.17, 15) is 4.79 Å². The summed E-state index contributed by atoms with van der Waals surface area (Å²) in [5.74, 6) is -0.103. The summed E-state index contributed by atoms with van der Waals surface area (Å²) in [6.07, 6.45) is 4.56. The summed E-state index contributed by atoms with van der Waals surface area (Å²) in [5, 5.41) is 27.7. The minimum atomic E-state index is -1.05. The molecule has 10 heteroatoms. The van der Waals surface area contributed by atoms with Crippen molar-refractivity contribution in [2.24, 2.45) is 5.10 Å². The second kappa shape index (κ2) is 7.16. The molecule has 0 bridgehead atoms. The van der Waals surface area contributed by atoms with E-state index >= 15 is 0 Å². The number of H-pyrrole nitrogens is 2. The van der Waals surface area contributed by atoms with Gasteiger partial charge < -0.3 is 9.84 Å². The van der Waals surface area contributed by atoms with Gasteiger partial charge in [-0.15, -0.1) is 0 Å². The molecule has 138 valence electrons. The van der Waals surface area contributed by atoms with Crippen molar-refractivity contribution in [2.45, 2.75) is 19.3 Å². The van der Waals surface area contributed by atoms with Crippen LogP contribution in [0.2, 0.25) is 0 Å². The van der Waals surface area contributed by atoms with Crippen LogP contribution in [0.1, 0.15) is 23.2 Å². The van der Waals surface area contributed by atoms with Gasteiger partial charge in [0.15, 0.2) is 6.61 Å². The Balaban J connectivity index is 1.67. The summed E-state index contributed by atoms with van der Waals surface area (Å²) < 4.78 is 7.13. The molecule has 27 heavy (non-hydrogen) atoms. The van der Waals surface area contributed by atoms with E-state index in [0.29, 0.717) is 21.9 Å². The van der Waals surface area contributed by atoms with E-state index < -0.39 is 12.6 Å². The zero-order valence-corrected chi connectivity index (χ0v) is 15.0. The standard InChI is InChI=1S/C17H16N6O3S/c24-14(25)9-26-13-7-2-1-4-10(13)8-18-23-16(21-22-17(23)27)15-11-5-3-6-12(11)19-20-15/h1-2,4,7-8H,3,5-6,9H2,(H,19,20)(H,22,27)(H,24,25). The van der Waals surface area contributed by atoms with Crippen LogP contribution < -0.4 is 4.74 Å². The van der Waals surface area contributed by atoms with Gasteiger partial charge in [0.25, 0.3) is 0 Å². The Morgan fingerprint density at radius 2 is 2.19 bits per heavy atom. The molecule has 9 nitrogen and oxygen atoms in total. The first-order valence-electron chi connectivity index (χ1n) is 8.35. The largest absolute Gasteiger partial charge is 0.481 e. The van der Waals surface area contributed by atoms with E-state index in [-0.39, 0.29) is 0 Å². The molecule has 2 heterocycles. The lowest BCUT2D eigenvalue weighted by atomic mass is 10.2. The molecule has 0 atom stereocenters. The number of hydrogen-bond donors (Lipinski definition) is 3. The normalized spacial score (nSPS) is 13.2. The number of ether oxygens (including phenoxy) is 1. The van der Waals surface area contributed by atoms with Gasteiger partial charge in [-0.25, -0.2) is 9.89 Å². The molecule has 0 amide bonds. The first-order valence-corrected chi connectivity index (χ1v) is 8.76. The Labute approximate surface area is 158 Å². The van der Waals surface area contributed by atoms with Crippen molar-refractivity contribution in [2.75, 3.05) is 6.61 Å². The molecule has 0 spiro atoms. The minimum absolute atomic E-state index is 0.333. The predicted molar refractivity (Wildman–Crippen MR) is 99.6 cm³/mol. The van der Waals surface area contributed by atoms with Crippen LogP contribution in [-0.4, -0.2) is 49.0 Å². The van der Waals surface area contributed by atoms with Crippen molar-refractivity contribution >= 4 is 24.4 Å². The van der Waals surface area contributed by atoms with Crippen molar-refractivity contribution in [3.63, 3.8) is 0 Å². The second-order valence-electron chi connectivity index (χ2n) is 6.01. The number of aryl methyl sites for hydroxylation is 1. The number of nitrogens with one attached hydrogen (secondary N) is 2. The zero-order valence-electron chi connectivity index (χ0n) is 14.2. The number of benzene rings is 1. The highest BCUT2D eigenvalue weighted by Crippen LogP contribution is 2.29. The van der Waals surface area contributed by atoms with Crippen LogP contribution in [0.4, 0.5) is 0 Å². The van der Waals surface area contributed by atoms with Crippen molar-refractivity contribution in [3.8, 4) is 17.3 Å². The molecule has 0 unspecified atom stereocenters. The van der Waals surface area contributed by atoms with Gasteiger partial charge in [-0.3, -0.25) is 5.10 Å². The summed E-state index contributed by atoms with van der Waals surface area (Å²) in [7, 11) is 0. The molecule has 3 N–H and O–H groups in total. The molecule has 2 aromatic heterocycles. The number of para-hydroxylation sites is 1. The van der Waals surface area contributed by atoms with Gasteiger partial charge in [-0.2, -0.15) is 20.0 Å². The van der Waals surface area contributed by atoms with E-state index in [0.717, 1.165) is 36.2 Å². The Bertz CT molecular complexity index is 1080. The van der Waals surface area contributed by atoms with Gasteiger partial charge in [0.2, 0.25) is 10.6 Å². The number of carboxylic acids is 1. The molecule has 1 aliphatic rings. The third-order valence-corrected chi connectivity index (χ3v) is 4.52. The van der Waals surface area contributed by atoms with Gasteiger partial charge in [0.1, 0.15) is 11.4 Å². The molecule has 3 aromatic rings. The van der Waals surface area contributed by atoms with Gasteiger partial charge in [-0.1, -0.05) is 12.1 Å². The fraction of sp³-hybridized carbons (Fsp3) is 0.235. The van der Waals surface area contributed by atoms with Crippen LogP contribution in [0.3, 0.4) is 0 Å². The van der Waals surface area contributed by atoms with Crippen molar-refractivity contribution in [3.05, 3.63) is 45.9 Å². The second-order valence-corrected chi connectivity index (χ2v) is 6.40. The number of fused-ring (bicyclic) bond motifs is 1. The maximum absolute atomic E-state index is 10.7. The fourth-order valence-electron chi connectivity index (χ4n) is 3.03. The highest BCUT2D eigenvalue weighted by molar-refractivity contribution is 7.71. The molecular weight excluding hydrogens is 368 g/mol. The van der Waals surface area contributed by atoms with Crippen LogP contribution in [0.5, 0.6) is 5.75 Å². The first-order chi connectivity index (χ1) is 13.1. The van der Waals surface area contributed by atoms with E-state index in [1.54, 1.807) is 24.4 Å². The number of hydrogen-bond acceptors (Lipinski definition) is 6. The van der Waals surface area contributed by atoms with E-state index in [2.05, 4.69) is 25.5 Å². The van der Waals surface area contributed by atoms with E-state index in [4.69, 9.17) is 22.1 Å². The third-order valence-electron chi connectivity index (χ3n) is 4.25. The molecule has 1 aromatic carbocycles. The smallest absolute Gasteiger partial charge is 0.341 e. The number of aromatic nitrogens is 5. The maximum Gasteiger partial charge on any atom is 0.341 e. The predicted octanol–water partition coefficient (Wildman–Crippen LogP) is 2.17. The van der Waals surface area contributed by atoms with Crippen LogP contribution >= 0.6 is 12.2 Å². The lowest BCUT2D eigenvalue weighted by molar-refractivity contribution is -0.139. The van der Waals surface area contributed by atoms with Crippen LogP contribution in [0.15, 0.2) is 29.4 Å². The number of carboxylic acid groups (broad SMARTS) is 1. The number of rotatable bonds is 6. The highest BCUT2D eigenvalue weighted by Gasteiger charge is 2.23. The fourth-order valence-corrected chi connectivity index (χ4v) is 3.21. The molecule has 0 saturated heterocycles.